The largest absolute Gasteiger partial charge is 0.417 e. The van der Waals surface area contributed by atoms with E-state index in [4.69, 9.17) is 0 Å². The van der Waals surface area contributed by atoms with Gasteiger partial charge >= 0.3 is 6.18 Å². The number of hydrogen-bond acceptors (Lipinski definition) is 4. The fraction of sp³-hybridized carbons (Fsp3) is 0.600. The molecule has 8 heteroatoms. The summed E-state index contributed by atoms with van der Waals surface area (Å²) in [6.45, 7) is 10.2. The van der Waals surface area contributed by atoms with Crippen LogP contribution in [-0.2, 0) is 16.4 Å². The predicted molar refractivity (Wildman–Crippen MR) is 146 cm³/mol. The molecule has 1 aromatic heterocycles. The molecule has 0 spiro atoms. The van der Waals surface area contributed by atoms with Crippen LogP contribution < -0.4 is 10.2 Å². The quantitative estimate of drug-likeness (QED) is 0.424. The van der Waals surface area contributed by atoms with E-state index in [1.165, 1.54) is 30.2 Å². The van der Waals surface area contributed by atoms with Gasteiger partial charge in [-0.2, -0.15) is 13.2 Å². The molecule has 38 heavy (non-hydrogen) atoms. The molecule has 2 fully saturated rings. The molecule has 2 aliphatic heterocycles. The van der Waals surface area contributed by atoms with Crippen molar-refractivity contribution in [2.75, 3.05) is 36.4 Å². The summed E-state index contributed by atoms with van der Waals surface area (Å²) in [5.74, 6) is 1.34. The fourth-order valence-corrected chi connectivity index (χ4v) is 5.48. The second kappa shape index (κ2) is 12.0. The minimum Gasteiger partial charge on any atom is -0.372 e. The maximum Gasteiger partial charge on any atom is 0.417 e. The number of alkyl halides is 3. The summed E-state index contributed by atoms with van der Waals surface area (Å²) >= 11 is 0. The number of carbonyl (C=O) groups excluding carboxylic acids is 1. The van der Waals surface area contributed by atoms with E-state index < -0.39 is 11.7 Å². The zero-order chi connectivity index (χ0) is 27.3. The van der Waals surface area contributed by atoms with Gasteiger partial charge in [-0.05, 0) is 79.7 Å². The Morgan fingerprint density at radius 2 is 1.55 bits per heavy atom. The van der Waals surface area contributed by atoms with Crippen molar-refractivity contribution in [1.29, 1.82) is 0 Å². The summed E-state index contributed by atoms with van der Waals surface area (Å²) in [5, 5.41) is 3.21. The fourth-order valence-electron chi connectivity index (χ4n) is 5.48. The summed E-state index contributed by atoms with van der Waals surface area (Å²) < 4.78 is 38.1. The first-order valence-electron chi connectivity index (χ1n) is 13.9. The Morgan fingerprint density at radius 1 is 0.921 bits per heavy atom. The van der Waals surface area contributed by atoms with Crippen LogP contribution in [0.3, 0.4) is 0 Å². The number of rotatable bonds is 7. The van der Waals surface area contributed by atoms with Gasteiger partial charge in [0.15, 0.2) is 0 Å². The molecule has 0 radical (unpaired) electrons. The van der Waals surface area contributed by atoms with Crippen LogP contribution in [0.4, 0.5) is 24.7 Å². The highest BCUT2D eigenvalue weighted by atomic mass is 19.4. The lowest BCUT2D eigenvalue weighted by atomic mass is 9.87. The average Bonchev–Trinajstić information content (AvgIpc) is 2.89. The van der Waals surface area contributed by atoms with Crippen molar-refractivity contribution in [3.05, 3.63) is 53.7 Å². The maximum atomic E-state index is 12.7. The molecule has 2 saturated heterocycles. The zero-order valence-corrected chi connectivity index (χ0v) is 22.9. The van der Waals surface area contributed by atoms with Gasteiger partial charge in [-0.3, -0.25) is 4.79 Å². The minimum atomic E-state index is -4.38. The highest BCUT2D eigenvalue weighted by molar-refractivity contribution is 5.76. The first-order chi connectivity index (χ1) is 18.0. The second-order valence-electron chi connectivity index (χ2n) is 11.8. The van der Waals surface area contributed by atoms with E-state index in [2.05, 4.69) is 60.2 Å². The number of carbonyl (C=O) groups is 1. The Morgan fingerprint density at radius 3 is 2.11 bits per heavy atom. The van der Waals surface area contributed by atoms with Gasteiger partial charge < -0.3 is 15.1 Å². The van der Waals surface area contributed by atoms with Crippen molar-refractivity contribution in [2.45, 2.75) is 83.4 Å². The van der Waals surface area contributed by atoms with E-state index in [1.54, 1.807) is 0 Å². The van der Waals surface area contributed by atoms with Crippen LogP contribution in [0, 0.1) is 5.92 Å². The van der Waals surface area contributed by atoms with Gasteiger partial charge in [-0.25, -0.2) is 4.98 Å². The van der Waals surface area contributed by atoms with Gasteiger partial charge in [0, 0.05) is 50.5 Å². The van der Waals surface area contributed by atoms with Crippen LogP contribution in [0.15, 0.2) is 42.6 Å². The van der Waals surface area contributed by atoms with Gasteiger partial charge in [0.25, 0.3) is 0 Å². The van der Waals surface area contributed by atoms with Crippen molar-refractivity contribution in [1.82, 2.24) is 9.88 Å². The number of aromatic nitrogens is 1. The molecule has 2 aromatic rings. The molecule has 0 aliphatic carbocycles. The van der Waals surface area contributed by atoms with Crippen LogP contribution in [0.1, 0.15) is 76.8 Å². The lowest BCUT2D eigenvalue weighted by molar-refractivity contribution is -0.137. The Kier molecular flexibility index (Phi) is 8.89. The number of benzene rings is 1. The molecule has 4 rings (SSSR count). The molecule has 5 nitrogen and oxygen atoms in total. The van der Waals surface area contributed by atoms with Crippen LogP contribution in [-0.4, -0.2) is 48.0 Å². The monoisotopic (exact) mass is 530 g/mol. The summed E-state index contributed by atoms with van der Waals surface area (Å²) in [6, 6.07) is 11.5. The molecule has 0 unspecified atom stereocenters. The third kappa shape index (κ3) is 7.64. The topological polar surface area (TPSA) is 48.5 Å². The lowest BCUT2D eigenvalue weighted by Gasteiger charge is -2.34. The molecule has 2 aliphatic rings. The average molecular weight is 531 g/mol. The van der Waals surface area contributed by atoms with E-state index in [-0.39, 0.29) is 17.4 Å². The van der Waals surface area contributed by atoms with E-state index >= 15 is 0 Å². The molecular formula is C30H41F3N4O. The Bertz CT molecular complexity index is 1030. The van der Waals surface area contributed by atoms with Crippen molar-refractivity contribution < 1.29 is 18.0 Å². The molecule has 3 heterocycles. The SMILES string of the molecule is CC(C)(C)c1ccc(N2CCC(CCCC(=O)N3CCC(Nc4ccc(C(F)(F)F)cn4)CC3)CC2)cc1. The molecule has 0 atom stereocenters. The molecule has 208 valence electrons. The number of halogens is 3. The molecule has 0 bridgehead atoms. The highest BCUT2D eigenvalue weighted by Crippen LogP contribution is 2.30. The number of nitrogens with one attached hydrogen (secondary N) is 1. The highest BCUT2D eigenvalue weighted by Gasteiger charge is 2.31. The van der Waals surface area contributed by atoms with Gasteiger partial charge in [-0.15, -0.1) is 0 Å². The summed E-state index contributed by atoms with van der Waals surface area (Å²) in [6.07, 6.45) is 2.97. The maximum absolute atomic E-state index is 12.7. The first-order valence-corrected chi connectivity index (χ1v) is 13.9. The third-order valence-corrected chi connectivity index (χ3v) is 8.01. The zero-order valence-electron chi connectivity index (χ0n) is 22.9. The number of hydrogen-bond donors (Lipinski definition) is 1. The summed E-state index contributed by atoms with van der Waals surface area (Å²) in [5.41, 5.74) is 2.08. The van der Waals surface area contributed by atoms with Crippen LogP contribution >= 0.6 is 0 Å². The number of likely N-dealkylation sites (tertiary alicyclic amines) is 1. The molecular weight excluding hydrogens is 489 g/mol. The summed E-state index contributed by atoms with van der Waals surface area (Å²) in [4.78, 5) is 21.1. The van der Waals surface area contributed by atoms with Crippen molar-refractivity contribution >= 4 is 17.4 Å². The minimum absolute atomic E-state index is 0.109. The van der Waals surface area contributed by atoms with Gasteiger partial charge in [0.05, 0.1) is 5.56 Å². The van der Waals surface area contributed by atoms with Gasteiger partial charge in [0.1, 0.15) is 5.82 Å². The number of pyridine rings is 1. The van der Waals surface area contributed by atoms with E-state index in [0.717, 1.165) is 51.0 Å². The standard InChI is InChI=1S/C30H41F3N4O/c1-29(2,3)23-7-10-26(11-8-23)36-17-13-22(14-18-36)5-4-6-28(38)37-19-15-25(16-20-37)35-27-12-9-24(21-34-27)30(31,32)33/h7-12,21-22,25H,4-6,13-20H2,1-3H3,(H,34,35). The predicted octanol–water partition coefficient (Wildman–Crippen LogP) is 6.89. The van der Waals surface area contributed by atoms with E-state index in [0.29, 0.717) is 31.2 Å². The van der Waals surface area contributed by atoms with Crippen LogP contribution in [0.2, 0.25) is 0 Å². The lowest BCUT2D eigenvalue weighted by Crippen LogP contribution is -2.42. The molecule has 1 aromatic carbocycles. The van der Waals surface area contributed by atoms with Crippen LogP contribution in [0.5, 0.6) is 0 Å². The normalized spacial score (nSPS) is 18.1. The second-order valence-corrected chi connectivity index (χ2v) is 11.8. The number of piperidine rings is 2. The smallest absolute Gasteiger partial charge is 0.372 e. The van der Waals surface area contributed by atoms with Crippen molar-refractivity contribution in [2.24, 2.45) is 5.92 Å². The van der Waals surface area contributed by atoms with E-state index in [9.17, 15) is 18.0 Å². The first kappa shape index (κ1) is 28.2. The number of anilines is 2. The number of nitrogens with zero attached hydrogens (tertiary/aromatic N) is 3. The number of amides is 1. The van der Waals surface area contributed by atoms with Crippen molar-refractivity contribution in [3.8, 4) is 0 Å². The molecule has 1 amide bonds. The van der Waals surface area contributed by atoms with E-state index in [1.807, 2.05) is 4.90 Å². The third-order valence-electron chi connectivity index (χ3n) is 8.01. The van der Waals surface area contributed by atoms with Crippen LogP contribution in [0.25, 0.3) is 0 Å². The molecule has 1 N–H and O–H groups in total. The van der Waals surface area contributed by atoms with Crippen molar-refractivity contribution in [3.63, 3.8) is 0 Å². The van der Waals surface area contributed by atoms with Gasteiger partial charge in [-0.1, -0.05) is 32.9 Å². The Hall–Kier alpha value is -2.77. The Balaban J connectivity index is 1.12. The summed E-state index contributed by atoms with van der Waals surface area (Å²) in [7, 11) is 0. The Labute approximate surface area is 224 Å². The van der Waals surface area contributed by atoms with Gasteiger partial charge in [0.2, 0.25) is 5.91 Å². The molecule has 0 saturated carbocycles.